The highest BCUT2D eigenvalue weighted by molar-refractivity contribution is 5.90. The number of carbonyl (C=O) groups excluding carboxylic acids is 2. The highest BCUT2D eigenvalue weighted by atomic mass is 16.7. The molecular weight excluding hydrogens is 324 g/mol. The minimum Gasteiger partial charge on any atom is -0.509 e. The van der Waals surface area contributed by atoms with E-state index in [1.807, 2.05) is 0 Å². The van der Waals surface area contributed by atoms with Gasteiger partial charge in [-0.1, -0.05) is 6.58 Å². The Kier molecular flexibility index (Phi) is 5.72. The van der Waals surface area contributed by atoms with Crippen LogP contribution < -0.4 is 0 Å². The van der Waals surface area contributed by atoms with Gasteiger partial charge in [-0.3, -0.25) is 0 Å². The minimum absolute atomic E-state index is 0.0410. The van der Waals surface area contributed by atoms with Crippen molar-refractivity contribution in [2.24, 2.45) is 0 Å². The summed E-state index contributed by atoms with van der Waals surface area (Å²) in [5.41, 5.74) is 0. The number of carboxylic acids is 1. The van der Waals surface area contributed by atoms with E-state index in [0.717, 1.165) is 18.2 Å². The van der Waals surface area contributed by atoms with Gasteiger partial charge in [0.05, 0.1) is 13.2 Å². The zero-order valence-corrected chi connectivity index (χ0v) is 12.5. The first kappa shape index (κ1) is 17.7. The first-order chi connectivity index (χ1) is 11.4. The molecule has 9 nitrogen and oxygen atoms in total. The number of carbonyl (C=O) groups is 3. The van der Waals surface area contributed by atoms with Gasteiger partial charge in [-0.15, -0.1) is 0 Å². The van der Waals surface area contributed by atoms with Gasteiger partial charge in [-0.05, 0) is 6.08 Å². The molecule has 0 spiro atoms. The monoisotopic (exact) mass is 340 g/mol. The molecule has 0 aromatic carbocycles. The largest absolute Gasteiger partial charge is 0.509 e. The van der Waals surface area contributed by atoms with Crippen LogP contribution in [0.25, 0.3) is 0 Å². The Hall–Kier alpha value is -2.65. The van der Waals surface area contributed by atoms with Crippen molar-refractivity contribution in [1.82, 2.24) is 0 Å². The van der Waals surface area contributed by atoms with Gasteiger partial charge in [0.1, 0.15) is 18.0 Å². The van der Waals surface area contributed by atoms with E-state index in [4.69, 9.17) is 29.2 Å². The summed E-state index contributed by atoms with van der Waals surface area (Å²) in [4.78, 5) is 33.4. The fourth-order valence-electron chi connectivity index (χ4n) is 2.31. The molecule has 0 amide bonds. The smallest absolute Gasteiger partial charge is 0.331 e. The first-order valence-corrected chi connectivity index (χ1v) is 6.98. The lowest BCUT2D eigenvalue weighted by Crippen LogP contribution is -2.35. The fourth-order valence-corrected chi connectivity index (χ4v) is 2.31. The van der Waals surface area contributed by atoms with E-state index in [-0.39, 0.29) is 19.0 Å². The molecule has 2 aliphatic heterocycles. The van der Waals surface area contributed by atoms with Crippen molar-refractivity contribution in [2.75, 3.05) is 13.2 Å². The van der Waals surface area contributed by atoms with Gasteiger partial charge in [-0.25, -0.2) is 14.4 Å². The summed E-state index contributed by atoms with van der Waals surface area (Å²) in [6.45, 7) is 3.30. The lowest BCUT2D eigenvalue weighted by molar-refractivity contribution is -0.149. The third-order valence-electron chi connectivity index (χ3n) is 3.27. The normalized spacial score (nSPS) is 28.8. The Morgan fingerprint density at radius 3 is 1.75 bits per heavy atom. The van der Waals surface area contributed by atoms with Crippen LogP contribution in [0.3, 0.4) is 0 Å². The van der Waals surface area contributed by atoms with E-state index in [1.54, 1.807) is 0 Å². The zero-order valence-electron chi connectivity index (χ0n) is 12.5. The maximum atomic E-state index is 11.6. The lowest BCUT2D eigenvalue weighted by Gasteiger charge is -2.16. The molecule has 0 aliphatic carbocycles. The van der Waals surface area contributed by atoms with Crippen LogP contribution in [-0.4, -0.2) is 65.8 Å². The summed E-state index contributed by atoms with van der Waals surface area (Å²) in [6, 6.07) is 0. The molecule has 2 N–H and O–H groups in total. The van der Waals surface area contributed by atoms with Crippen molar-refractivity contribution in [1.29, 1.82) is 0 Å². The van der Waals surface area contributed by atoms with Crippen LogP contribution in [0.4, 0.5) is 0 Å². The summed E-state index contributed by atoms with van der Waals surface area (Å²) in [5.74, 6) is -3.09. The van der Waals surface area contributed by atoms with E-state index in [9.17, 15) is 14.4 Å². The zero-order chi connectivity index (χ0) is 17.7. The van der Waals surface area contributed by atoms with Crippen molar-refractivity contribution in [3.63, 3.8) is 0 Å². The predicted molar refractivity (Wildman–Crippen MR) is 76.9 cm³/mol. The third-order valence-corrected chi connectivity index (χ3v) is 3.27. The molecule has 9 heteroatoms. The highest BCUT2D eigenvalue weighted by Gasteiger charge is 2.50. The molecule has 2 rings (SSSR count). The van der Waals surface area contributed by atoms with Crippen LogP contribution in [0.5, 0.6) is 0 Å². The maximum absolute atomic E-state index is 11.6. The topological polar surface area (TPSA) is 129 Å². The molecule has 24 heavy (non-hydrogen) atoms. The summed E-state index contributed by atoms with van der Waals surface area (Å²) in [6.07, 6.45) is 0.937. The van der Waals surface area contributed by atoms with Gasteiger partial charge < -0.3 is 29.2 Å². The molecule has 2 saturated heterocycles. The van der Waals surface area contributed by atoms with Gasteiger partial charge in [-0.2, -0.15) is 0 Å². The van der Waals surface area contributed by atoms with Crippen molar-refractivity contribution < 1.29 is 43.5 Å². The third kappa shape index (κ3) is 4.67. The Morgan fingerprint density at radius 2 is 1.33 bits per heavy atom. The molecule has 0 aromatic heterocycles. The van der Waals surface area contributed by atoms with Crippen LogP contribution in [0.15, 0.2) is 36.6 Å². The number of rotatable bonds is 6. The van der Waals surface area contributed by atoms with Crippen LogP contribution >= 0.6 is 0 Å². The number of aliphatic carboxylic acids is 1. The van der Waals surface area contributed by atoms with Crippen LogP contribution in [0.1, 0.15) is 0 Å². The second-order valence-electron chi connectivity index (χ2n) is 5.04. The van der Waals surface area contributed by atoms with Gasteiger partial charge >= 0.3 is 17.9 Å². The van der Waals surface area contributed by atoms with Crippen LogP contribution in [0, 0.1) is 0 Å². The average Bonchev–Trinajstić information content (AvgIpc) is 3.07. The Labute approximate surface area is 136 Å². The Balaban J connectivity index is 1.87. The van der Waals surface area contributed by atoms with Crippen molar-refractivity contribution in [3.05, 3.63) is 36.6 Å². The Morgan fingerprint density at radius 1 is 0.875 bits per heavy atom. The molecule has 0 radical (unpaired) electrons. The van der Waals surface area contributed by atoms with Gasteiger partial charge in [0.2, 0.25) is 0 Å². The number of aliphatic hydroxyl groups excluding tert-OH is 1. The predicted octanol–water partition coefficient (Wildman–Crippen LogP) is -0.124. The summed E-state index contributed by atoms with van der Waals surface area (Å²) in [5, 5.41) is 17.3. The number of ether oxygens (including phenoxy) is 4. The fraction of sp³-hybridized carbons (Fsp3) is 0.400. The number of esters is 2. The second-order valence-corrected chi connectivity index (χ2v) is 5.04. The van der Waals surface area contributed by atoms with E-state index in [2.05, 4.69) is 6.58 Å². The van der Waals surface area contributed by atoms with E-state index >= 15 is 0 Å². The number of hydrogen-bond donors (Lipinski definition) is 2. The highest BCUT2D eigenvalue weighted by Crippen LogP contribution is 2.30. The Bertz CT molecular complexity index is 540. The van der Waals surface area contributed by atoms with Crippen molar-refractivity contribution >= 4 is 17.9 Å². The van der Waals surface area contributed by atoms with E-state index in [0.29, 0.717) is 6.08 Å². The lowest BCUT2D eigenvalue weighted by atomic mass is 10.1. The molecule has 0 aromatic rings. The van der Waals surface area contributed by atoms with Crippen molar-refractivity contribution in [3.8, 4) is 0 Å². The molecule has 2 fully saturated rings. The molecule has 0 unspecified atom stereocenters. The van der Waals surface area contributed by atoms with Gasteiger partial charge in [0.15, 0.2) is 12.2 Å². The van der Waals surface area contributed by atoms with Gasteiger partial charge in [0, 0.05) is 18.2 Å². The van der Waals surface area contributed by atoms with Gasteiger partial charge in [0.25, 0.3) is 0 Å². The quantitative estimate of drug-likeness (QED) is 0.294. The van der Waals surface area contributed by atoms with Crippen molar-refractivity contribution in [2.45, 2.75) is 24.4 Å². The number of aliphatic hydroxyl groups is 1. The van der Waals surface area contributed by atoms with Crippen LogP contribution in [-0.2, 0) is 33.3 Å². The number of carboxylic acid groups (broad SMARTS) is 1. The summed E-state index contributed by atoms with van der Waals surface area (Å²) >= 11 is 0. The molecule has 2 aliphatic rings. The standard InChI is InChI=1S/C15H16O9/c1-8(16)2-4-12(19)23-9-6-21-15-10(7-22-14(9)15)24-13(20)5-3-11(17)18/h2-5,9-10,14-16H,1,6-7H2,(H,17,18)/b4-2-,5-3+/t9-,10-,14-,15-/m1/s1. The molecular formula is C15H16O9. The maximum Gasteiger partial charge on any atom is 0.331 e. The number of hydrogen-bond acceptors (Lipinski definition) is 8. The first-order valence-electron chi connectivity index (χ1n) is 6.98. The minimum atomic E-state index is -1.27. The average molecular weight is 340 g/mol. The van der Waals surface area contributed by atoms with E-state index < -0.39 is 42.3 Å². The van der Waals surface area contributed by atoms with Crippen LogP contribution in [0.2, 0.25) is 0 Å². The molecule has 130 valence electrons. The molecule has 2 heterocycles. The number of fused-ring (bicyclic) bond motifs is 1. The molecule has 4 atom stereocenters. The SMILES string of the molecule is C=C(O)/C=C\C(=O)O[C@@H]1CO[C@H]2[C@@H]1OC[C@H]2OC(=O)/C=C/C(=O)O. The molecule has 0 saturated carbocycles. The second kappa shape index (κ2) is 7.75. The summed E-state index contributed by atoms with van der Waals surface area (Å²) < 4.78 is 21.1. The number of allylic oxidation sites excluding steroid dienone is 1. The van der Waals surface area contributed by atoms with E-state index in [1.165, 1.54) is 0 Å². The molecule has 0 bridgehead atoms. The summed E-state index contributed by atoms with van der Waals surface area (Å²) in [7, 11) is 0.